The van der Waals surface area contributed by atoms with E-state index < -0.39 is 6.10 Å². The Morgan fingerprint density at radius 2 is 1.93 bits per heavy atom. The first kappa shape index (κ1) is 20.9. The molecular weight excluding hydrogens is 383 g/mol. The molecule has 1 saturated heterocycles. The van der Waals surface area contributed by atoms with Gasteiger partial charge >= 0.3 is 0 Å². The van der Waals surface area contributed by atoms with Crippen molar-refractivity contribution in [2.75, 3.05) is 43.6 Å². The molecule has 154 valence electrons. The van der Waals surface area contributed by atoms with Crippen LogP contribution in [0.15, 0.2) is 29.4 Å². The van der Waals surface area contributed by atoms with Gasteiger partial charge in [-0.3, -0.25) is 4.57 Å². The van der Waals surface area contributed by atoms with E-state index in [1.54, 1.807) is 12.1 Å². The number of benzene rings is 1. The molecule has 1 aromatic carbocycles. The number of halogens is 1. The lowest BCUT2D eigenvalue weighted by molar-refractivity contribution is 0.121. The number of nitrogens with zero attached hydrogens (tertiary/aromatic N) is 4. The third kappa shape index (κ3) is 5.83. The van der Waals surface area contributed by atoms with Gasteiger partial charge in [0.15, 0.2) is 5.16 Å². The molecule has 0 saturated carbocycles. The normalized spacial score (nSPS) is 15.8. The van der Waals surface area contributed by atoms with Gasteiger partial charge < -0.3 is 19.5 Å². The molecule has 0 aliphatic carbocycles. The Morgan fingerprint density at radius 3 is 2.61 bits per heavy atom. The van der Waals surface area contributed by atoms with E-state index >= 15 is 0 Å². The highest BCUT2D eigenvalue weighted by Gasteiger charge is 2.21. The smallest absolute Gasteiger partial charge is 0.228 e. The average molecular weight is 411 g/mol. The van der Waals surface area contributed by atoms with E-state index in [0.29, 0.717) is 30.6 Å². The monoisotopic (exact) mass is 410 g/mol. The molecule has 1 aliphatic rings. The highest BCUT2D eigenvalue weighted by atomic mass is 32.2. The van der Waals surface area contributed by atoms with Crippen LogP contribution in [0.1, 0.15) is 13.8 Å². The van der Waals surface area contributed by atoms with Crippen molar-refractivity contribution in [1.82, 2.24) is 14.8 Å². The van der Waals surface area contributed by atoms with Crippen LogP contribution in [0.2, 0.25) is 0 Å². The van der Waals surface area contributed by atoms with Gasteiger partial charge in [0.2, 0.25) is 5.95 Å². The molecule has 9 heteroatoms. The predicted octanol–water partition coefficient (Wildman–Crippen LogP) is 2.44. The standard InChI is InChI=1S/C19H27FN4O3S/c1-14(2)11-24-18(23-7-9-26-10-8-23)21-22-19(24)28-13-16(25)12-27-17-5-3-15(20)4-6-17/h3-6,14,16,25H,7-13H2,1-2H3/t16-/m1/s1. The van der Waals surface area contributed by atoms with Crippen molar-refractivity contribution in [3.05, 3.63) is 30.1 Å². The van der Waals surface area contributed by atoms with Gasteiger partial charge in [-0.1, -0.05) is 25.6 Å². The molecule has 2 aromatic rings. The number of morpholine rings is 1. The largest absolute Gasteiger partial charge is 0.491 e. The van der Waals surface area contributed by atoms with Crippen LogP contribution in [0.4, 0.5) is 10.3 Å². The number of thioether (sulfide) groups is 1. The maximum Gasteiger partial charge on any atom is 0.228 e. The van der Waals surface area contributed by atoms with Crippen molar-refractivity contribution < 1.29 is 19.0 Å². The van der Waals surface area contributed by atoms with Gasteiger partial charge in [-0.15, -0.1) is 10.2 Å². The molecule has 7 nitrogen and oxygen atoms in total. The average Bonchev–Trinajstić information content (AvgIpc) is 3.08. The Labute approximate surface area is 168 Å². The summed E-state index contributed by atoms with van der Waals surface area (Å²) in [7, 11) is 0. The zero-order valence-corrected chi connectivity index (χ0v) is 17.1. The second kappa shape index (κ2) is 10.1. The minimum atomic E-state index is -0.675. The summed E-state index contributed by atoms with van der Waals surface area (Å²) in [6.45, 7) is 8.24. The van der Waals surface area contributed by atoms with Crippen LogP contribution in [0.5, 0.6) is 5.75 Å². The van der Waals surface area contributed by atoms with Crippen molar-refractivity contribution in [2.24, 2.45) is 5.92 Å². The fourth-order valence-corrected chi connectivity index (χ4v) is 3.70. The topological polar surface area (TPSA) is 72.6 Å². The van der Waals surface area contributed by atoms with Crippen LogP contribution in [0, 0.1) is 11.7 Å². The Bertz CT molecular complexity index is 735. The lowest BCUT2D eigenvalue weighted by Gasteiger charge is -2.28. The van der Waals surface area contributed by atoms with Crippen molar-refractivity contribution in [1.29, 1.82) is 0 Å². The zero-order chi connectivity index (χ0) is 19.9. The molecular formula is C19H27FN4O3S. The van der Waals surface area contributed by atoms with Gasteiger partial charge in [0.1, 0.15) is 18.2 Å². The molecule has 0 amide bonds. The molecule has 28 heavy (non-hydrogen) atoms. The summed E-state index contributed by atoms with van der Waals surface area (Å²) < 4.78 is 26.0. The summed E-state index contributed by atoms with van der Waals surface area (Å²) in [5, 5.41) is 19.8. The van der Waals surface area contributed by atoms with E-state index in [1.807, 2.05) is 0 Å². The van der Waals surface area contributed by atoms with Crippen LogP contribution in [-0.2, 0) is 11.3 Å². The maximum absolute atomic E-state index is 12.9. The number of rotatable bonds is 9. The van der Waals surface area contributed by atoms with Crippen LogP contribution in [0.3, 0.4) is 0 Å². The number of ether oxygens (including phenoxy) is 2. The molecule has 1 aliphatic heterocycles. The van der Waals surface area contributed by atoms with Crippen molar-refractivity contribution in [3.8, 4) is 5.75 Å². The van der Waals surface area contributed by atoms with Gasteiger partial charge in [0, 0.05) is 25.4 Å². The molecule has 0 unspecified atom stereocenters. The summed E-state index contributed by atoms with van der Waals surface area (Å²) in [5.41, 5.74) is 0. The van der Waals surface area contributed by atoms with Crippen molar-refractivity contribution in [2.45, 2.75) is 31.7 Å². The van der Waals surface area contributed by atoms with Gasteiger partial charge in [0.25, 0.3) is 0 Å². The highest BCUT2D eigenvalue weighted by Crippen LogP contribution is 2.25. The zero-order valence-electron chi connectivity index (χ0n) is 16.3. The van der Waals surface area contributed by atoms with E-state index in [-0.39, 0.29) is 12.4 Å². The van der Waals surface area contributed by atoms with Gasteiger partial charge in [-0.2, -0.15) is 0 Å². The Kier molecular flexibility index (Phi) is 7.52. The molecule has 2 heterocycles. The Hall–Kier alpha value is -1.84. The summed E-state index contributed by atoms with van der Waals surface area (Å²) in [4.78, 5) is 2.19. The molecule has 0 bridgehead atoms. The number of hydrogen-bond donors (Lipinski definition) is 1. The Morgan fingerprint density at radius 1 is 1.21 bits per heavy atom. The third-order valence-electron chi connectivity index (χ3n) is 4.20. The van der Waals surface area contributed by atoms with Gasteiger partial charge in [-0.05, 0) is 30.2 Å². The lowest BCUT2D eigenvalue weighted by atomic mass is 10.2. The van der Waals surface area contributed by atoms with Crippen molar-refractivity contribution in [3.63, 3.8) is 0 Å². The maximum atomic E-state index is 12.9. The van der Waals surface area contributed by atoms with Crippen LogP contribution < -0.4 is 9.64 Å². The first-order valence-electron chi connectivity index (χ1n) is 9.48. The first-order valence-corrected chi connectivity index (χ1v) is 10.5. The van der Waals surface area contributed by atoms with Gasteiger partial charge in [0.05, 0.1) is 19.3 Å². The summed E-state index contributed by atoms with van der Waals surface area (Å²) in [6, 6.07) is 5.75. The van der Waals surface area contributed by atoms with Crippen LogP contribution in [0.25, 0.3) is 0 Å². The molecule has 0 radical (unpaired) electrons. The Balaban J connectivity index is 1.57. The second-order valence-electron chi connectivity index (χ2n) is 7.12. The fraction of sp³-hybridized carbons (Fsp3) is 0.579. The fourth-order valence-electron chi connectivity index (χ4n) is 2.85. The quantitative estimate of drug-likeness (QED) is 0.637. The van der Waals surface area contributed by atoms with Gasteiger partial charge in [-0.25, -0.2) is 4.39 Å². The number of aromatic nitrogens is 3. The minimum Gasteiger partial charge on any atom is -0.491 e. The predicted molar refractivity (Wildman–Crippen MR) is 107 cm³/mol. The van der Waals surface area contributed by atoms with Crippen molar-refractivity contribution >= 4 is 17.7 Å². The number of aliphatic hydroxyl groups is 1. The highest BCUT2D eigenvalue weighted by molar-refractivity contribution is 7.99. The number of anilines is 1. The summed E-state index contributed by atoms with van der Waals surface area (Å²) >= 11 is 1.46. The van der Waals surface area contributed by atoms with E-state index in [4.69, 9.17) is 9.47 Å². The molecule has 0 spiro atoms. The van der Waals surface area contributed by atoms with Crippen LogP contribution in [-0.4, -0.2) is 64.6 Å². The molecule has 1 N–H and O–H groups in total. The molecule has 1 atom stereocenters. The van der Waals surface area contributed by atoms with E-state index in [0.717, 1.165) is 30.7 Å². The molecule has 1 aromatic heterocycles. The SMILES string of the molecule is CC(C)Cn1c(SC[C@H](O)COc2ccc(F)cc2)nnc1N1CCOCC1. The lowest BCUT2D eigenvalue weighted by Crippen LogP contribution is -2.38. The van der Waals surface area contributed by atoms with E-state index in [2.05, 4.69) is 33.5 Å². The first-order chi connectivity index (χ1) is 13.5. The summed E-state index contributed by atoms with van der Waals surface area (Å²) in [6.07, 6.45) is -0.675. The van der Waals surface area contributed by atoms with E-state index in [9.17, 15) is 9.50 Å². The molecule has 3 rings (SSSR count). The third-order valence-corrected chi connectivity index (χ3v) is 5.31. The second-order valence-corrected chi connectivity index (χ2v) is 8.10. The number of aliphatic hydroxyl groups excluding tert-OH is 1. The van der Waals surface area contributed by atoms with E-state index in [1.165, 1.54) is 23.9 Å². The summed E-state index contributed by atoms with van der Waals surface area (Å²) in [5.74, 6) is 1.95. The minimum absolute atomic E-state index is 0.132. The number of hydrogen-bond acceptors (Lipinski definition) is 7. The van der Waals surface area contributed by atoms with Crippen LogP contribution >= 0.6 is 11.8 Å². The molecule has 1 fully saturated rings.